The number of hydrogen-bond acceptors (Lipinski definition) is 4. The minimum absolute atomic E-state index is 0.00518. The molecule has 0 heterocycles. The summed E-state index contributed by atoms with van der Waals surface area (Å²) in [5.74, 6) is 0.913. The van der Waals surface area contributed by atoms with Crippen molar-refractivity contribution in [3.05, 3.63) is 0 Å². The molecule has 1 saturated carbocycles. The van der Waals surface area contributed by atoms with Crippen LogP contribution in [0, 0.1) is 11.8 Å². The van der Waals surface area contributed by atoms with Crippen LogP contribution >= 0.6 is 0 Å². The summed E-state index contributed by atoms with van der Waals surface area (Å²) in [5, 5.41) is 15.3. The molecular formula is C13H26N2O3. The van der Waals surface area contributed by atoms with E-state index in [4.69, 9.17) is 4.74 Å². The third-order valence-corrected chi connectivity index (χ3v) is 3.74. The van der Waals surface area contributed by atoms with E-state index >= 15 is 0 Å². The molecule has 0 saturated heterocycles. The van der Waals surface area contributed by atoms with Crippen LogP contribution in [0.25, 0.3) is 0 Å². The molecule has 0 aliphatic heterocycles. The van der Waals surface area contributed by atoms with E-state index in [0.717, 1.165) is 19.4 Å². The van der Waals surface area contributed by atoms with Gasteiger partial charge in [-0.05, 0) is 38.1 Å². The number of carbonyl (C=O) groups is 1. The summed E-state index contributed by atoms with van der Waals surface area (Å²) in [5.41, 5.74) is 0. The fraction of sp³-hybridized carbons (Fsp3) is 0.923. The number of rotatable bonds is 8. The van der Waals surface area contributed by atoms with Gasteiger partial charge in [0.2, 0.25) is 5.91 Å². The largest absolute Gasteiger partial charge is 0.396 e. The van der Waals surface area contributed by atoms with Crippen LogP contribution in [0.4, 0.5) is 0 Å². The van der Waals surface area contributed by atoms with E-state index in [1.165, 1.54) is 6.42 Å². The maximum atomic E-state index is 11.7. The SMILES string of the molecule is COCCNC(=O)C(C)NCC1CCCC1CO. The molecule has 0 aromatic carbocycles. The second-order valence-corrected chi connectivity index (χ2v) is 5.05. The van der Waals surface area contributed by atoms with Gasteiger partial charge in [-0.25, -0.2) is 0 Å². The smallest absolute Gasteiger partial charge is 0.236 e. The fourth-order valence-corrected chi connectivity index (χ4v) is 2.47. The molecule has 0 spiro atoms. The van der Waals surface area contributed by atoms with E-state index < -0.39 is 0 Å². The summed E-state index contributed by atoms with van der Waals surface area (Å²) in [6.45, 7) is 4.02. The van der Waals surface area contributed by atoms with E-state index in [9.17, 15) is 9.90 Å². The van der Waals surface area contributed by atoms with Crippen molar-refractivity contribution in [3.8, 4) is 0 Å². The third kappa shape index (κ3) is 4.92. The number of ether oxygens (including phenoxy) is 1. The van der Waals surface area contributed by atoms with Crippen molar-refractivity contribution in [2.45, 2.75) is 32.2 Å². The zero-order chi connectivity index (χ0) is 13.4. The van der Waals surface area contributed by atoms with Crippen LogP contribution in [0.3, 0.4) is 0 Å². The van der Waals surface area contributed by atoms with Crippen LogP contribution in [0.15, 0.2) is 0 Å². The van der Waals surface area contributed by atoms with Gasteiger partial charge in [0.15, 0.2) is 0 Å². The molecule has 1 amide bonds. The van der Waals surface area contributed by atoms with Crippen molar-refractivity contribution in [3.63, 3.8) is 0 Å². The molecule has 3 N–H and O–H groups in total. The minimum Gasteiger partial charge on any atom is -0.396 e. The monoisotopic (exact) mass is 258 g/mol. The van der Waals surface area contributed by atoms with Gasteiger partial charge in [-0.15, -0.1) is 0 Å². The van der Waals surface area contributed by atoms with Crippen LogP contribution in [-0.4, -0.2) is 50.5 Å². The van der Waals surface area contributed by atoms with E-state index in [1.54, 1.807) is 7.11 Å². The van der Waals surface area contributed by atoms with E-state index in [1.807, 2.05) is 6.92 Å². The molecule has 5 nitrogen and oxygen atoms in total. The number of methoxy groups -OCH3 is 1. The highest BCUT2D eigenvalue weighted by molar-refractivity contribution is 5.81. The Balaban J connectivity index is 2.19. The molecule has 0 aromatic rings. The Morgan fingerprint density at radius 2 is 2.17 bits per heavy atom. The van der Waals surface area contributed by atoms with Crippen LogP contribution in [0.2, 0.25) is 0 Å². The molecule has 0 radical (unpaired) electrons. The highest BCUT2D eigenvalue weighted by atomic mass is 16.5. The quantitative estimate of drug-likeness (QED) is 0.542. The first-order chi connectivity index (χ1) is 8.69. The van der Waals surface area contributed by atoms with Crippen LogP contribution in [-0.2, 0) is 9.53 Å². The van der Waals surface area contributed by atoms with Gasteiger partial charge in [0.1, 0.15) is 0 Å². The Morgan fingerprint density at radius 3 is 2.83 bits per heavy atom. The molecule has 3 atom stereocenters. The summed E-state index contributed by atoms with van der Waals surface area (Å²) in [6.07, 6.45) is 3.44. The number of amides is 1. The van der Waals surface area contributed by atoms with Crippen molar-refractivity contribution < 1.29 is 14.6 Å². The highest BCUT2D eigenvalue weighted by Gasteiger charge is 2.27. The lowest BCUT2D eigenvalue weighted by Crippen LogP contribution is -2.45. The average Bonchev–Trinajstić information content (AvgIpc) is 2.83. The van der Waals surface area contributed by atoms with Gasteiger partial charge >= 0.3 is 0 Å². The normalized spacial score (nSPS) is 25.1. The van der Waals surface area contributed by atoms with Crippen molar-refractivity contribution in [2.24, 2.45) is 11.8 Å². The molecule has 18 heavy (non-hydrogen) atoms. The van der Waals surface area contributed by atoms with Gasteiger partial charge in [-0.3, -0.25) is 4.79 Å². The number of carbonyl (C=O) groups excluding carboxylic acids is 1. The van der Waals surface area contributed by atoms with Gasteiger partial charge in [-0.1, -0.05) is 6.42 Å². The van der Waals surface area contributed by atoms with Crippen molar-refractivity contribution in [1.82, 2.24) is 10.6 Å². The van der Waals surface area contributed by atoms with Crippen LogP contribution in [0.1, 0.15) is 26.2 Å². The van der Waals surface area contributed by atoms with Gasteiger partial charge < -0.3 is 20.5 Å². The minimum atomic E-state index is -0.193. The maximum absolute atomic E-state index is 11.7. The topological polar surface area (TPSA) is 70.6 Å². The van der Waals surface area contributed by atoms with Crippen LogP contribution in [0.5, 0.6) is 0 Å². The summed E-state index contributed by atoms with van der Waals surface area (Å²) in [6, 6.07) is -0.193. The maximum Gasteiger partial charge on any atom is 0.236 e. The van der Waals surface area contributed by atoms with Gasteiger partial charge in [-0.2, -0.15) is 0 Å². The molecule has 3 unspecified atom stereocenters. The lowest BCUT2D eigenvalue weighted by molar-refractivity contribution is -0.123. The standard InChI is InChI=1S/C13H26N2O3/c1-10(13(17)14-6-7-18-2)15-8-11-4-3-5-12(11)9-16/h10-12,15-16H,3-9H2,1-2H3,(H,14,17). The molecular weight excluding hydrogens is 232 g/mol. The van der Waals surface area contributed by atoms with Gasteiger partial charge in [0.05, 0.1) is 12.6 Å². The second kappa shape index (κ2) is 8.45. The van der Waals surface area contributed by atoms with Crippen molar-refractivity contribution >= 4 is 5.91 Å². The summed E-state index contributed by atoms with van der Waals surface area (Å²) in [4.78, 5) is 11.7. The number of aliphatic hydroxyl groups is 1. The van der Waals surface area contributed by atoms with Crippen molar-refractivity contribution in [1.29, 1.82) is 0 Å². The molecule has 106 valence electrons. The molecule has 1 rings (SSSR count). The lowest BCUT2D eigenvalue weighted by atomic mass is 9.97. The predicted octanol–water partition coefficient (Wildman–Crippen LogP) is 0.136. The van der Waals surface area contributed by atoms with E-state index in [-0.39, 0.29) is 18.6 Å². The predicted molar refractivity (Wildman–Crippen MR) is 70.3 cm³/mol. The van der Waals surface area contributed by atoms with Crippen molar-refractivity contribution in [2.75, 3.05) is 33.4 Å². The Labute approximate surface area is 109 Å². The first-order valence-corrected chi connectivity index (χ1v) is 6.80. The van der Waals surface area contributed by atoms with E-state index in [0.29, 0.717) is 25.0 Å². The van der Waals surface area contributed by atoms with Gasteiger partial charge in [0.25, 0.3) is 0 Å². The molecule has 0 bridgehead atoms. The second-order valence-electron chi connectivity index (χ2n) is 5.05. The third-order valence-electron chi connectivity index (χ3n) is 3.74. The zero-order valence-corrected chi connectivity index (χ0v) is 11.4. The molecule has 1 fully saturated rings. The average molecular weight is 258 g/mol. The Kier molecular flexibility index (Phi) is 7.23. The number of aliphatic hydroxyl groups excluding tert-OH is 1. The Morgan fingerprint density at radius 1 is 1.44 bits per heavy atom. The number of nitrogens with one attached hydrogen (secondary N) is 2. The molecule has 5 heteroatoms. The Hall–Kier alpha value is -0.650. The molecule has 0 aromatic heterocycles. The van der Waals surface area contributed by atoms with Gasteiger partial charge in [0, 0.05) is 20.3 Å². The fourth-order valence-electron chi connectivity index (χ4n) is 2.47. The van der Waals surface area contributed by atoms with Crippen LogP contribution < -0.4 is 10.6 Å². The lowest BCUT2D eigenvalue weighted by Gasteiger charge is -2.20. The number of hydrogen-bond donors (Lipinski definition) is 3. The molecule has 1 aliphatic carbocycles. The summed E-state index contributed by atoms with van der Waals surface area (Å²) < 4.78 is 4.88. The van der Waals surface area contributed by atoms with E-state index in [2.05, 4.69) is 10.6 Å². The summed E-state index contributed by atoms with van der Waals surface area (Å²) in [7, 11) is 1.61. The first kappa shape index (κ1) is 15.4. The summed E-state index contributed by atoms with van der Waals surface area (Å²) >= 11 is 0. The first-order valence-electron chi connectivity index (χ1n) is 6.80. The molecule has 1 aliphatic rings. The highest BCUT2D eigenvalue weighted by Crippen LogP contribution is 2.30. The Bertz CT molecular complexity index is 248. The zero-order valence-electron chi connectivity index (χ0n) is 11.4.